The van der Waals surface area contributed by atoms with Crippen LogP contribution in [0.15, 0.2) is 85.1 Å². The Labute approximate surface area is 414 Å². The Kier molecular flexibility index (Phi) is 52.4. The lowest BCUT2D eigenvalue weighted by molar-refractivity contribution is -0.167. The lowest BCUT2D eigenvalue weighted by Crippen LogP contribution is -2.30. The van der Waals surface area contributed by atoms with Crippen molar-refractivity contribution in [1.82, 2.24) is 0 Å². The van der Waals surface area contributed by atoms with E-state index < -0.39 is 6.10 Å². The largest absolute Gasteiger partial charge is 0.462 e. The van der Waals surface area contributed by atoms with E-state index >= 15 is 0 Å². The number of esters is 3. The predicted octanol–water partition coefficient (Wildman–Crippen LogP) is 18.8. The van der Waals surface area contributed by atoms with Crippen LogP contribution in [0.1, 0.15) is 265 Å². The van der Waals surface area contributed by atoms with Crippen LogP contribution in [0.2, 0.25) is 0 Å². The quantitative estimate of drug-likeness (QED) is 0.0199. The average Bonchev–Trinajstić information content (AvgIpc) is 3.33. The Bertz CT molecular complexity index is 1300. The van der Waals surface area contributed by atoms with E-state index in [1.54, 1.807) is 0 Å². The monoisotopic (exact) mass is 933 g/mol. The first-order chi connectivity index (χ1) is 33.0. The van der Waals surface area contributed by atoms with Crippen molar-refractivity contribution < 1.29 is 28.6 Å². The summed E-state index contributed by atoms with van der Waals surface area (Å²) in [6.45, 7) is 6.46. The van der Waals surface area contributed by atoms with Crippen molar-refractivity contribution in [3.8, 4) is 0 Å². The van der Waals surface area contributed by atoms with Crippen molar-refractivity contribution in [3.63, 3.8) is 0 Å². The molecule has 0 aliphatic heterocycles. The van der Waals surface area contributed by atoms with E-state index in [1.165, 1.54) is 122 Å². The molecule has 1 atom stereocenters. The molecule has 67 heavy (non-hydrogen) atoms. The van der Waals surface area contributed by atoms with Crippen molar-refractivity contribution in [2.45, 2.75) is 271 Å². The number of rotatable bonds is 50. The lowest BCUT2D eigenvalue weighted by atomic mass is 10.1. The minimum absolute atomic E-state index is 0.0959. The van der Waals surface area contributed by atoms with Gasteiger partial charge in [0.1, 0.15) is 13.2 Å². The SMILES string of the molecule is CC/C=C\C/C=C\C/C=C\C/C=C\CCCCCC(=O)OC(COC(=O)CCCCC/C=C\CCCCCCCCC)COC(=O)CCCCCCCCCCCC/C=C\C=C/CCCCC. The van der Waals surface area contributed by atoms with Crippen LogP contribution in [0.4, 0.5) is 0 Å². The van der Waals surface area contributed by atoms with Gasteiger partial charge in [0.05, 0.1) is 0 Å². The predicted molar refractivity (Wildman–Crippen MR) is 288 cm³/mol. The van der Waals surface area contributed by atoms with Gasteiger partial charge in [-0.1, -0.05) is 221 Å². The zero-order valence-electron chi connectivity index (χ0n) is 43.9. The molecule has 0 aliphatic carbocycles. The first kappa shape index (κ1) is 63.6. The summed E-state index contributed by atoms with van der Waals surface area (Å²) in [5.41, 5.74) is 0. The van der Waals surface area contributed by atoms with Crippen LogP contribution < -0.4 is 0 Å². The highest BCUT2D eigenvalue weighted by Gasteiger charge is 2.19. The Balaban J connectivity index is 4.44. The molecule has 0 bridgehead atoms. The Morgan fingerprint density at radius 2 is 0.627 bits per heavy atom. The molecule has 0 heterocycles. The molecule has 0 N–H and O–H groups in total. The van der Waals surface area contributed by atoms with Gasteiger partial charge in [0.15, 0.2) is 6.10 Å². The molecule has 0 fully saturated rings. The summed E-state index contributed by atoms with van der Waals surface area (Å²) in [6.07, 6.45) is 71.4. The lowest BCUT2D eigenvalue weighted by Gasteiger charge is -2.18. The summed E-state index contributed by atoms with van der Waals surface area (Å²) in [6, 6.07) is 0. The maximum atomic E-state index is 12.8. The molecule has 0 aromatic carbocycles. The van der Waals surface area contributed by atoms with E-state index in [0.717, 1.165) is 103 Å². The van der Waals surface area contributed by atoms with Gasteiger partial charge in [0.25, 0.3) is 0 Å². The molecule has 0 saturated carbocycles. The standard InChI is InChI=1S/C61H104O6/c1-4-7-10-13-16-19-22-25-28-30-31-32-34-36-39-42-45-48-51-54-60(63)66-57-58(56-65-59(62)53-50-47-44-41-38-35-27-24-21-18-15-12-9-6-3)67-61(64)55-52-49-46-43-40-37-33-29-26-23-20-17-14-11-8-5-2/h8,11,16-17,19-20,22,25-26,29,35,37-38,40,58H,4-7,9-10,12-15,18,21,23-24,27-28,30-34,36,39,41-57H2,1-3H3/b11-8-,19-16-,20-17-,25-22-,29-26-,38-35-,40-37-. The molecular formula is C61H104O6. The van der Waals surface area contributed by atoms with Gasteiger partial charge >= 0.3 is 17.9 Å². The van der Waals surface area contributed by atoms with Crippen molar-refractivity contribution in [2.75, 3.05) is 13.2 Å². The van der Waals surface area contributed by atoms with Crippen LogP contribution in [0, 0.1) is 0 Å². The maximum absolute atomic E-state index is 12.8. The summed E-state index contributed by atoms with van der Waals surface area (Å²) in [7, 11) is 0. The molecule has 0 radical (unpaired) electrons. The average molecular weight is 933 g/mol. The van der Waals surface area contributed by atoms with Crippen LogP contribution in [-0.2, 0) is 28.6 Å². The van der Waals surface area contributed by atoms with Crippen LogP contribution in [0.25, 0.3) is 0 Å². The highest BCUT2D eigenvalue weighted by molar-refractivity contribution is 5.71. The fraction of sp³-hybridized carbons (Fsp3) is 0.721. The summed E-state index contributed by atoms with van der Waals surface area (Å²) in [4.78, 5) is 38.1. The third-order valence-corrected chi connectivity index (χ3v) is 11.9. The molecule has 6 heteroatoms. The van der Waals surface area contributed by atoms with Gasteiger partial charge in [0.2, 0.25) is 0 Å². The number of carbonyl (C=O) groups is 3. The molecule has 6 nitrogen and oxygen atoms in total. The molecule has 0 amide bonds. The zero-order chi connectivity index (χ0) is 48.6. The molecule has 0 aliphatic rings. The van der Waals surface area contributed by atoms with Crippen molar-refractivity contribution >= 4 is 17.9 Å². The highest BCUT2D eigenvalue weighted by Crippen LogP contribution is 2.14. The van der Waals surface area contributed by atoms with Gasteiger partial charge in [-0.15, -0.1) is 0 Å². The summed E-state index contributed by atoms with van der Waals surface area (Å²) in [5.74, 6) is -0.943. The van der Waals surface area contributed by atoms with Gasteiger partial charge in [-0.2, -0.15) is 0 Å². The third kappa shape index (κ3) is 53.4. The smallest absolute Gasteiger partial charge is 0.306 e. The molecule has 0 aromatic rings. The normalized spacial score (nSPS) is 12.7. The first-order valence-electron chi connectivity index (χ1n) is 28.1. The molecular weight excluding hydrogens is 829 g/mol. The van der Waals surface area contributed by atoms with E-state index in [2.05, 4.69) is 106 Å². The van der Waals surface area contributed by atoms with Gasteiger partial charge in [-0.05, 0) is 109 Å². The van der Waals surface area contributed by atoms with Crippen LogP contribution in [0.5, 0.6) is 0 Å². The van der Waals surface area contributed by atoms with E-state index in [-0.39, 0.29) is 37.5 Å². The van der Waals surface area contributed by atoms with E-state index in [9.17, 15) is 14.4 Å². The minimum atomic E-state index is -0.801. The van der Waals surface area contributed by atoms with Gasteiger partial charge < -0.3 is 14.2 Å². The molecule has 0 aromatic heterocycles. The van der Waals surface area contributed by atoms with Crippen LogP contribution >= 0.6 is 0 Å². The van der Waals surface area contributed by atoms with E-state index in [0.29, 0.717) is 12.8 Å². The molecule has 1 unspecified atom stereocenters. The van der Waals surface area contributed by atoms with Crippen LogP contribution in [-0.4, -0.2) is 37.2 Å². The fourth-order valence-electron chi connectivity index (χ4n) is 7.65. The number of allylic oxidation sites excluding steroid dienone is 14. The molecule has 384 valence electrons. The van der Waals surface area contributed by atoms with Gasteiger partial charge in [0, 0.05) is 19.3 Å². The summed E-state index contributed by atoms with van der Waals surface area (Å²) < 4.78 is 16.8. The second kappa shape index (κ2) is 55.2. The molecule has 0 saturated heterocycles. The number of unbranched alkanes of at least 4 members (excludes halogenated alkanes) is 26. The van der Waals surface area contributed by atoms with E-state index in [1.807, 2.05) is 0 Å². The van der Waals surface area contributed by atoms with Gasteiger partial charge in [-0.3, -0.25) is 14.4 Å². The highest BCUT2D eigenvalue weighted by atomic mass is 16.6. The van der Waals surface area contributed by atoms with Crippen molar-refractivity contribution in [3.05, 3.63) is 85.1 Å². The first-order valence-corrected chi connectivity index (χ1v) is 28.1. The molecule has 0 spiro atoms. The summed E-state index contributed by atoms with van der Waals surface area (Å²) >= 11 is 0. The fourth-order valence-corrected chi connectivity index (χ4v) is 7.65. The zero-order valence-corrected chi connectivity index (χ0v) is 43.9. The molecule has 0 rings (SSSR count). The second-order valence-corrected chi connectivity index (χ2v) is 18.5. The van der Waals surface area contributed by atoms with Crippen molar-refractivity contribution in [2.24, 2.45) is 0 Å². The topological polar surface area (TPSA) is 78.9 Å². The number of hydrogen-bond donors (Lipinski definition) is 0. The third-order valence-electron chi connectivity index (χ3n) is 11.9. The Morgan fingerprint density at radius 1 is 0.328 bits per heavy atom. The maximum Gasteiger partial charge on any atom is 0.306 e. The van der Waals surface area contributed by atoms with Crippen LogP contribution in [0.3, 0.4) is 0 Å². The second-order valence-electron chi connectivity index (χ2n) is 18.5. The van der Waals surface area contributed by atoms with E-state index in [4.69, 9.17) is 14.2 Å². The number of carbonyl (C=O) groups excluding carboxylic acids is 3. The summed E-state index contributed by atoms with van der Waals surface area (Å²) in [5, 5.41) is 0. The van der Waals surface area contributed by atoms with Crippen molar-refractivity contribution in [1.29, 1.82) is 0 Å². The number of ether oxygens (including phenoxy) is 3. The van der Waals surface area contributed by atoms with Gasteiger partial charge in [-0.25, -0.2) is 0 Å². The Morgan fingerprint density at radius 3 is 1.06 bits per heavy atom. The minimum Gasteiger partial charge on any atom is -0.462 e. The Hall–Kier alpha value is -3.41. The number of hydrogen-bond acceptors (Lipinski definition) is 6.